The Bertz CT molecular complexity index is 822. The Hall–Kier alpha value is -2.57. The fraction of sp³-hybridized carbons (Fsp3) is 0.333. The summed E-state index contributed by atoms with van der Waals surface area (Å²) in [5, 5.41) is 6.28. The van der Waals surface area contributed by atoms with E-state index in [9.17, 15) is 9.59 Å². The number of piperazine rings is 1. The van der Waals surface area contributed by atoms with E-state index >= 15 is 0 Å². The van der Waals surface area contributed by atoms with Crippen molar-refractivity contribution >= 4 is 29.3 Å². The summed E-state index contributed by atoms with van der Waals surface area (Å²) in [5.41, 5.74) is 2.61. The van der Waals surface area contributed by atoms with Crippen molar-refractivity contribution in [1.82, 2.24) is 10.2 Å². The van der Waals surface area contributed by atoms with E-state index in [1.54, 1.807) is 12.1 Å². The molecule has 2 amide bonds. The highest BCUT2D eigenvalue weighted by atomic mass is 35.5. The number of nitrogens with one attached hydrogen (secondary N) is 2. The number of nitrogens with zero attached hydrogens (tertiary/aromatic N) is 1. The molecule has 1 atom stereocenters. The molecule has 1 aliphatic heterocycles. The summed E-state index contributed by atoms with van der Waals surface area (Å²) in [7, 11) is 0. The first kappa shape index (κ1) is 20.2. The lowest BCUT2D eigenvalue weighted by molar-refractivity contribution is -0.126. The first-order valence-electron chi connectivity index (χ1n) is 9.23. The fourth-order valence-electron chi connectivity index (χ4n) is 3.18. The van der Waals surface area contributed by atoms with Gasteiger partial charge in [-0.25, -0.2) is 4.79 Å². The molecular weight excluding hydrogens is 378 g/mol. The van der Waals surface area contributed by atoms with Crippen molar-refractivity contribution in [3.05, 3.63) is 64.7 Å². The maximum absolute atomic E-state index is 12.0. The third-order valence-electron chi connectivity index (χ3n) is 4.71. The third kappa shape index (κ3) is 5.24. The van der Waals surface area contributed by atoms with Crippen molar-refractivity contribution < 1.29 is 14.3 Å². The summed E-state index contributed by atoms with van der Waals surface area (Å²) in [5.74, 6) is 0.0478. The molecule has 1 heterocycles. The summed E-state index contributed by atoms with van der Waals surface area (Å²) in [6.07, 6.45) is -0.517. The molecule has 1 unspecified atom stereocenters. The quantitative estimate of drug-likeness (QED) is 0.795. The number of halogens is 1. The molecule has 1 saturated heterocycles. The lowest BCUT2D eigenvalue weighted by Gasteiger charge is -2.38. The molecule has 1 aliphatic rings. The molecule has 28 heavy (non-hydrogen) atoms. The number of amides is 2. The number of rotatable bonds is 5. The second-order valence-corrected chi connectivity index (χ2v) is 7.47. The van der Waals surface area contributed by atoms with Crippen molar-refractivity contribution in [2.45, 2.75) is 32.5 Å². The van der Waals surface area contributed by atoms with Crippen LogP contribution in [0.1, 0.15) is 31.0 Å². The number of anilines is 1. The minimum Gasteiger partial charge on any atom is -0.444 e. The summed E-state index contributed by atoms with van der Waals surface area (Å²) in [6.45, 7) is 5.30. The molecule has 2 aromatic rings. The summed E-state index contributed by atoms with van der Waals surface area (Å²) < 4.78 is 5.23. The lowest BCUT2D eigenvalue weighted by Crippen LogP contribution is -2.52. The van der Waals surface area contributed by atoms with E-state index < -0.39 is 6.09 Å². The topological polar surface area (TPSA) is 70.7 Å². The van der Waals surface area contributed by atoms with E-state index in [0.717, 1.165) is 11.1 Å². The van der Waals surface area contributed by atoms with Gasteiger partial charge < -0.3 is 10.1 Å². The number of carbonyl (C=O) groups is 2. The smallest absolute Gasteiger partial charge is 0.411 e. The van der Waals surface area contributed by atoms with Gasteiger partial charge in [0.2, 0.25) is 5.91 Å². The summed E-state index contributed by atoms with van der Waals surface area (Å²) in [4.78, 5) is 25.9. The fourth-order valence-corrected chi connectivity index (χ4v) is 3.31. The van der Waals surface area contributed by atoms with Crippen LogP contribution >= 0.6 is 11.6 Å². The van der Waals surface area contributed by atoms with E-state index in [4.69, 9.17) is 16.3 Å². The zero-order valence-corrected chi connectivity index (χ0v) is 16.7. The number of carbonyl (C=O) groups excluding carboxylic acids is 2. The third-order valence-corrected chi connectivity index (χ3v) is 4.96. The van der Waals surface area contributed by atoms with Crippen LogP contribution in [0.15, 0.2) is 48.5 Å². The highest BCUT2D eigenvalue weighted by Gasteiger charge is 2.29. The van der Waals surface area contributed by atoms with Crippen LogP contribution in [-0.2, 0) is 16.1 Å². The van der Waals surface area contributed by atoms with Crippen molar-refractivity contribution in [3.8, 4) is 0 Å². The Labute approximate surface area is 169 Å². The summed E-state index contributed by atoms with van der Waals surface area (Å²) >= 11 is 5.84. The molecule has 7 heteroatoms. The largest absolute Gasteiger partial charge is 0.444 e. The molecular formula is C21H24ClN3O3. The van der Waals surface area contributed by atoms with Gasteiger partial charge in [0, 0.05) is 23.3 Å². The standard InChI is InChI=1S/C21H24ClN3O3/c1-14(2)25-12-20(26)23-11-19(25)16-5-9-18(10-6-16)24-21(27)28-13-15-3-7-17(22)8-4-15/h3-10,14,19H,11-13H2,1-2H3,(H,23,26)(H,24,27). The van der Waals surface area contributed by atoms with Gasteiger partial charge in [-0.3, -0.25) is 15.0 Å². The number of ether oxygens (including phenoxy) is 1. The normalized spacial score (nSPS) is 17.3. The van der Waals surface area contributed by atoms with Gasteiger partial charge in [-0.15, -0.1) is 0 Å². The highest BCUT2D eigenvalue weighted by Crippen LogP contribution is 2.25. The molecule has 0 bridgehead atoms. The molecule has 0 radical (unpaired) electrons. The Morgan fingerprint density at radius 1 is 1.21 bits per heavy atom. The predicted molar refractivity (Wildman–Crippen MR) is 109 cm³/mol. The Morgan fingerprint density at radius 3 is 2.54 bits per heavy atom. The molecule has 148 valence electrons. The Kier molecular flexibility index (Phi) is 6.54. The molecule has 2 N–H and O–H groups in total. The van der Waals surface area contributed by atoms with E-state index in [1.165, 1.54) is 0 Å². The van der Waals surface area contributed by atoms with Crippen LogP contribution in [0.5, 0.6) is 0 Å². The first-order chi connectivity index (χ1) is 13.4. The van der Waals surface area contributed by atoms with E-state index in [0.29, 0.717) is 23.8 Å². The van der Waals surface area contributed by atoms with E-state index in [2.05, 4.69) is 29.4 Å². The molecule has 1 fully saturated rings. The van der Waals surface area contributed by atoms with Crippen LogP contribution in [0.2, 0.25) is 5.02 Å². The predicted octanol–water partition coefficient (Wildman–Crippen LogP) is 3.97. The van der Waals surface area contributed by atoms with E-state index in [1.807, 2.05) is 36.4 Å². The van der Waals surface area contributed by atoms with E-state index in [-0.39, 0.29) is 24.6 Å². The van der Waals surface area contributed by atoms with Gasteiger partial charge in [-0.2, -0.15) is 0 Å². The molecule has 0 aliphatic carbocycles. The first-order valence-corrected chi connectivity index (χ1v) is 9.61. The molecule has 0 spiro atoms. The van der Waals surface area contributed by atoms with Crippen LogP contribution in [0.25, 0.3) is 0 Å². The van der Waals surface area contributed by atoms with Crippen molar-refractivity contribution in [2.75, 3.05) is 18.4 Å². The van der Waals surface area contributed by atoms with Crippen LogP contribution in [0, 0.1) is 0 Å². The second-order valence-electron chi connectivity index (χ2n) is 7.04. The summed E-state index contributed by atoms with van der Waals surface area (Å²) in [6, 6.07) is 15.1. The van der Waals surface area contributed by atoms with Crippen molar-refractivity contribution in [2.24, 2.45) is 0 Å². The average Bonchev–Trinajstić information content (AvgIpc) is 2.68. The van der Waals surface area contributed by atoms with Crippen LogP contribution in [0.4, 0.5) is 10.5 Å². The Morgan fingerprint density at radius 2 is 1.89 bits per heavy atom. The Balaban J connectivity index is 1.57. The number of benzene rings is 2. The zero-order valence-electron chi connectivity index (χ0n) is 15.9. The van der Waals surface area contributed by atoms with Gasteiger partial charge >= 0.3 is 6.09 Å². The molecule has 0 saturated carbocycles. The average molecular weight is 402 g/mol. The highest BCUT2D eigenvalue weighted by molar-refractivity contribution is 6.30. The number of hydrogen-bond donors (Lipinski definition) is 2. The van der Waals surface area contributed by atoms with Crippen LogP contribution < -0.4 is 10.6 Å². The van der Waals surface area contributed by atoms with Gasteiger partial charge in [0.1, 0.15) is 6.61 Å². The minimum atomic E-state index is -0.517. The SMILES string of the molecule is CC(C)N1CC(=O)NCC1c1ccc(NC(=O)OCc2ccc(Cl)cc2)cc1. The van der Waals surface area contributed by atoms with Crippen molar-refractivity contribution in [3.63, 3.8) is 0 Å². The lowest BCUT2D eigenvalue weighted by atomic mass is 10.0. The van der Waals surface area contributed by atoms with Crippen LogP contribution in [-0.4, -0.2) is 36.0 Å². The van der Waals surface area contributed by atoms with Gasteiger partial charge in [-0.1, -0.05) is 35.9 Å². The van der Waals surface area contributed by atoms with Crippen molar-refractivity contribution in [1.29, 1.82) is 0 Å². The maximum Gasteiger partial charge on any atom is 0.411 e. The van der Waals surface area contributed by atoms with Gasteiger partial charge in [0.25, 0.3) is 0 Å². The molecule has 3 rings (SSSR count). The van der Waals surface area contributed by atoms with Gasteiger partial charge in [0.05, 0.1) is 12.6 Å². The van der Waals surface area contributed by atoms with Gasteiger partial charge in [0.15, 0.2) is 0 Å². The molecule has 6 nitrogen and oxygen atoms in total. The second kappa shape index (κ2) is 9.08. The minimum absolute atomic E-state index is 0.0478. The molecule has 2 aromatic carbocycles. The maximum atomic E-state index is 12.0. The van der Waals surface area contributed by atoms with Gasteiger partial charge in [-0.05, 0) is 49.2 Å². The number of hydrogen-bond acceptors (Lipinski definition) is 4. The zero-order chi connectivity index (χ0) is 20.1. The monoisotopic (exact) mass is 401 g/mol. The molecule has 0 aromatic heterocycles. The van der Waals surface area contributed by atoms with Crippen LogP contribution in [0.3, 0.4) is 0 Å².